The third-order valence-electron chi connectivity index (χ3n) is 8.31. The van der Waals surface area contributed by atoms with Gasteiger partial charge in [0, 0.05) is 12.2 Å². The first-order valence-corrected chi connectivity index (χ1v) is 11.2. The second-order valence-electron chi connectivity index (χ2n) is 9.70. The number of halogens is 1. The molecule has 29 heavy (non-hydrogen) atoms. The molecule has 6 rings (SSSR count). The number of hydrogen-bond donors (Lipinski definition) is 0. The Morgan fingerprint density at radius 2 is 1.93 bits per heavy atom. The highest BCUT2D eigenvalue weighted by molar-refractivity contribution is 5.57. The van der Waals surface area contributed by atoms with Gasteiger partial charge in [0.15, 0.2) is 0 Å². The lowest BCUT2D eigenvalue weighted by atomic mass is 9.46. The van der Waals surface area contributed by atoms with Crippen molar-refractivity contribution in [2.75, 3.05) is 18.6 Å². The SMILES string of the molecule is CCC[C@H]1[C@@H]2CCc3cc(OC)ccc3[C@@]23CC[C@]1(C)CN3c1ccc(F)cc1. The van der Waals surface area contributed by atoms with Crippen molar-refractivity contribution in [1.29, 1.82) is 0 Å². The molecule has 4 atom stereocenters. The van der Waals surface area contributed by atoms with Crippen LogP contribution in [0.15, 0.2) is 42.5 Å². The Hall–Kier alpha value is -2.03. The fraction of sp³-hybridized carbons (Fsp3) is 0.538. The van der Waals surface area contributed by atoms with Crippen LogP contribution in [0.1, 0.15) is 57.1 Å². The van der Waals surface area contributed by atoms with E-state index in [1.807, 2.05) is 12.1 Å². The number of rotatable bonds is 4. The van der Waals surface area contributed by atoms with Crippen molar-refractivity contribution < 1.29 is 9.13 Å². The fourth-order valence-corrected chi connectivity index (χ4v) is 7.06. The van der Waals surface area contributed by atoms with Gasteiger partial charge in [-0.05, 0) is 96.9 Å². The Labute approximate surface area is 174 Å². The van der Waals surface area contributed by atoms with Crippen LogP contribution in [0.5, 0.6) is 5.75 Å². The lowest BCUT2D eigenvalue weighted by Crippen LogP contribution is -2.69. The van der Waals surface area contributed by atoms with Crippen LogP contribution in [0.25, 0.3) is 0 Å². The molecule has 0 amide bonds. The maximum atomic E-state index is 13.7. The molecule has 0 radical (unpaired) electrons. The number of benzene rings is 2. The van der Waals surface area contributed by atoms with Crippen LogP contribution in [0.4, 0.5) is 10.1 Å². The molecule has 2 aromatic rings. The van der Waals surface area contributed by atoms with Gasteiger partial charge >= 0.3 is 0 Å². The van der Waals surface area contributed by atoms with Crippen LogP contribution in [0.3, 0.4) is 0 Å². The highest BCUT2D eigenvalue weighted by atomic mass is 19.1. The van der Waals surface area contributed by atoms with E-state index in [0.717, 1.165) is 24.6 Å². The summed E-state index contributed by atoms with van der Waals surface area (Å²) < 4.78 is 19.2. The molecule has 1 spiro atoms. The highest BCUT2D eigenvalue weighted by Gasteiger charge is 2.63. The molecule has 0 aromatic heterocycles. The van der Waals surface area contributed by atoms with Crippen LogP contribution in [-0.2, 0) is 12.0 Å². The molecule has 2 aromatic carbocycles. The van der Waals surface area contributed by atoms with Crippen molar-refractivity contribution in [1.82, 2.24) is 0 Å². The molecular weight excluding hydrogens is 361 g/mol. The van der Waals surface area contributed by atoms with E-state index < -0.39 is 0 Å². The molecule has 0 N–H and O–H groups in total. The summed E-state index contributed by atoms with van der Waals surface area (Å²) in [6, 6.07) is 13.9. The minimum Gasteiger partial charge on any atom is -0.497 e. The van der Waals surface area contributed by atoms with Crippen LogP contribution in [0, 0.1) is 23.1 Å². The summed E-state index contributed by atoms with van der Waals surface area (Å²) in [4.78, 5) is 2.65. The van der Waals surface area contributed by atoms with Crippen LogP contribution < -0.4 is 9.64 Å². The molecule has 2 saturated heterocycles. The van der Waals surface area contributed by atoms with Crippen molar-refractivity contribution in [3.05, 3.63) is 59.4 Å². The van der Waals surface area contributed by atoms with Crippen molar-refractivity contribution in [2.45, 2.75) is 57.9 Å². The molecule has 3 fully saturated rings. The Kier molecular flexibility index (Phi) is 4.42. The van der Waals surface area contributed by atoms with E-state index in [1.165, 1.54) is 48.9 Å². The lowest BCUT2D eigenvalue weighted by Gasteiger charge is -2.69. The molecule has 2 heterocycles. The highest BCUT2D eigenvalue weighted by Crippen LogP contribution is 2.65. The molecule has 0 unspecified atom stereocenters. The number of ether oxygens (including phenoxy) is 1. The van der Waals surface area contributed by atoms with Crippen molar-refractivity contribution in [3.63, 3.8) is 0 Å². The van der Waals surface area contributed by atoms with Crippen LogP contribution >= 0.6 is 0 Å². The first kappa shape index (κ1) is 19.0. The first-order valence-electron chi connectivity index (χ1n) is 11.2. The van der Waals surface area contributed by atoms with Gasteiger partial charge in [-0.2, -0.15) is 0 Å². The van der Waals surface area contributed by atoms with Gasteiger partial charge in [-0.25, -0.2) is 4.39 Å². The number of methoxy groups -OCH3 is 1. The fourth-order valence-electron chi connectivity index (χ4n) is 7.06. The monoisotopic (exact) mass is 393 g/mol. The number of nitrogens with zero attached hydrogens (tertiary/aromatic N) is 1. The third-order valence-corrected chi connectivity index (χ3v) is 8.31. The topological polar surface area (TPSA) is 12.5 Å². The minimum atomic E-state index is -0.158. The molecule has 2 aliphatic carbocycles. The van der Waals surface area contributed by atoms with E-state index in [2.05, 4.69) is 36.9 Å². The largest absolute Gasteiger partial charge is 0.497 e. The maximum absolute atomic E-state index is 13.7. The van der Waals surface area contributed by atoms with E-state index in [-0.39, 0.29) is 11.4 Å². The zero-order valence-electron chi connectivity index (χ0n) is 17.9. The summed E-state index contributed by atoms with van der Waals surface area (Å²) in [5, 5.41) is 0. The van der Waals surface area contributed by atoms with Gasteiger partial charge in [0.05, 0.1) is 12.6 Å². The average molecular weight is 394 g/mol. The third kappa shape index (κ3) is 2.65. The molecule has 3 heteroatoms. The zero-order chi connectivity index (χ0) is 20.2. The molecule has 2 aliphatic heterocycles. The normalized spacial score (nSPS) is 32.6. The Morgan fingerprint density at radius 3 is 2.66 bits per heavy atom. The summed E-state index contributed by atoms with van der Waals surface area (Å²) in [7, 11) is 1.75. The summed E-state index contributed by atoms with van der Waals surface area (Å²) in [5.41, 5.74) is 4.45. The Morgan fingerprint density at radius 1 is 1.14 bits per heavy atom. The average Bonchev–Trinajstić information content (AvgIpc) is 2.74. The molecule has 154 valence electrons. The summed E-state index contributed by atoms with van der Waals surface area (Å²) >= 11 is 0. The first-order chi connectivity index (χ1) is 14.0. The number of piperidine rings is 2. The summed E-state index contributed by atoms with van der Waals surface area (Å²) in [6.07, 6.45) is 7.39. The molecular formula is C26H32FNO. The zero-order valence-corrected chi connectivity index (χ0v) is 17.9. The molecule has 2 bridgehead atoms. The van der Waals surface area contributed by atoms with Gasteiger partial charge in [0.25, 0.3) is 0 Å². The Balaban J connectivity index is 1.70. The van der Waals surface area contributed by atoms with Gasteiger partial charge in [-0.15, -0.1) is 0 Å². The molecule has 1 saturated carbocycles. The predicted octanol–water partition coefficient (Wildman–Crippen LogP) is 6.33. The van der Waals surface area contributed by atoms with E-state index >= 15 is 0 Å². The van der Waals surface area contributed by atoms with Gasteiger partial charge in [0.1, 0.15) is 11.6 Å². The van der Waals surface area contributed by atoms with Gasteiger partial charge < -0.3 is 9.64 Å². The number of anilines is 1. The standard InChI is InChI=1S/C26H32FNO/c1-4-5-23-24-12-6-18-16-21(29-3)11-13-22(18)26(24)15-14-25(23,2)17-28(26)20-9-7-19(27)8-10-20/h7-11,13,16,23-24H,4-6,12,14-15,17H2,1-3H3/t23-,24-,25+,26-/m0/s1. The van der Waals surface area contributed by atoms with Gasteiger partial charge in [-0.3, -0.25) is 0 Å². The van der Waals surface area contributed by atoms with Gasteiger partial charge in [0.2, 0.25) is 0 Å². The number of aryl methyl sites for hydroxylation is 1. The summed E-state index contributed by atoms with van der Waals surface area (Å²) in [5.74, 6) is 2.21. The van der Waals surface area contributed by atoms with E-state index in [4.69, 9.17) is 4.74 Å². The van der Waals surface area contributed by atoms with Crippen molar-refractivity contribution >= 4 is 5.69 Å². The second-order valence-corrected chi connectivity index (χ2v) is 9.70. The minimum absolute atomic E-state index is 0.0231. The van der Waals surface area contributed by atoms with Crippen molar-refractivity contribution in [3.8, 4) is 5.75 Å². The molecule has 2 nitrogen and oxygen atoms in total. The van der Waals surface area contributed by atoms with Crippen LogP contribution in [-0.4, -0.2) is 13.7 Å². The van der Waals surface area contributed by atoms with Crippen LogP contribution in [0.2, 0.25) is 0 Å². The Bertz CT molecular complexity index is 909. The summed E-state index contributed by atoms with van der Waals surface area (Å²) in [6.45, 7) is 5.90. The predicted molar refractivity (Wildman–Crippen MR) is 116 cm³/mol. The molecule has 4 aliphatic rings. The van der Waals surface area contributed by atoms with E-state index in [9.17, 15) is 4.39 Å². The van der Waals surface area contributed by atoms with Gasteiger partial charge in [-0.1, -0.05) is 26.3 Å². The number of hydrogen-bond acceptors (Lipinski definition) is 2. The van der Waals surface area contributed by atoms with Crippen molar-refractivity contribution in [2.24, 2.45) is 17.3 Å². The number of fused-ring (bicyclic) bond motifs is 3. The quantitative estimate of drug-likeness (QED) is 0.602. The lowest BCUT2D eigenvalue weighted by molar-refractivity contribution is -0.0641. The second kappa shape index (κ2) is 6.75. The smallest absolute Gasteiger partial charge is 0.123 e. The van der Waals surface area contributed by atoms with E-state index in [0.29, 0.717) is 11.3 Å². The van der Waals surface area contributed by atoms with E-state index in [1.54, 1.807) is 19.2 Å². The maximum Gasteiger partial charge on any atom is 0.123 e.